The van der Waals surface area contributed by atoms with Gasteiger partial charge in [-0.1, -0.05) is 35.4 Å². The minimum absolute atomic E-state index is 0.431. The van der Waals surface area contributed by atoms with Crippen molar-refractivity contribution in [2.75, 3.05) is 4.90 Å². The molecular formula is C23H31N2+. The lowest BCUT2D eigenvalue weighted by molar-refractivity contribution is -0.469. The van der Waals surface area contributed by atoms with Crippen LogP contribution in [-0.4, -0.2) is 23.0 Å². The van der Waals surface area contributed by atoms with Gasteiger partial charge in [0.25, 0.3) is 0 Å². The molecule has 1 aliphatic heterocycles. The zero-order valence-corrected chi connectivity index (χ0v) is 16.9. The number of aryl methyl sites for hydroxylation is 6. The average Bonchev–Trinajstić information content (AvgIpc) is 2.74. The highest BCUT2D eigenvalue weighted by molar-refractivity contribution is 5.83. The summed E-state index contributed by atoms with van der Waals surface area (Å²) in [5, 5.41) is 0. The van der Waals surface area contributed by atoms with Gasteiger partial charge in [-0.3, -0.25) is 0 Å². The molecule has 0 aliphatic carbocycles. The van der Waals surface area contributed by atoms with Gasteiger partial charge in [0.2, 0.25) is 6.34 Å². The highest BCUT2D eigenvalue weighted by atomic mass is 15.3. The fourth-order valence-corrected chi connectivity index (χ4v) is 4.49. The van der Waals surface area contributed by atoms with Crippen molar-refractivity contribution in [1.82, 2.24) is 0 Å². The molecule has 2 aromatic rings. The fourth-order valence-electron chi connectivity index (χ4n) is 4.49. The Morgan fingerprint density at radius 3 is 1.64 bits per heavy atom. The SMILES string of the molecule is Cc1cc(C)c(N2C=[N+](c3c(C)cc(C)cc3C)[C@@H](C)[C@H]2C)c(C)c1. The Bertz CT molecular complexity index is 814. The zero-order chi connectivity index (χ0) is 18.5. The van der Waals surface area contributed by atoms with Crippen LogP contribution in [0.4, 0.5) is 11.4 Å². The van der Waals surface area contributed by atoms with E-state index in [2.05, 4.69) is 95.5 Å². The molecule has 2 atom stereocenters. The Labute approximate surface area is 152 Å². The summed E-state index contributed by atoms with van der Waals surface area (Å²) < 4.78 is 2.47. The van der Waals surface area contributed by atoms with Crippen molar-refractivity contribution in [3.63, 3.8) is 0 Å². The second-order valence-corrected chi connectivity index (χ2v) is 7.91. The molecule has 0 N–H and O–H groups in total. The van der Waals surface area contributed by atoms with Gasteiger partial charge in [-0.25, -0.2) is 9.48 Å². The summed E-state index contributed by atoms with van der Waals surface area (Å²) in [5.41, 5.74) is 10.8. The number of anilines is 1. The number of benzene rings is 2. The molecule has 3 rings (SSSR count). The highest BCUT2D eigenvalue weighted by Crippen LogP contribution is 2.34. The fraction of sp³-hybridized carbons (Fsp3) is 0.435. The van der Waals surface area contributed by atoms with Gasteiger partial charge < -0.3 is 0 Å². The van der Waals surface area contributed by atoms with Crippen molar-refractivity contribution in [2.45, 2.75) is 67.5 Å². The summed E-state index contributed by atoms with van der Waals surface area (Å²) in [6.45, 7) is 17.9. The quantitative estimate of drug-likeness (QED) is 0.656. The lowest BCUT2D eigenvalue weighted by atomic mass is 10.0. The Morgan fingerprint density at radius 1 is 0.720 bits per heavy atom. The van der Waals surface area contributed by atoms with E-state index in [1.807, 2.05) is 0 Å². The molecule has 2 heteroatoms. The lowest BCUT2D eigenvalue weighted by Gasteiger charge is -2.20. The molecule has 0 aromatic heterocycles. The first-order chi connectivity index (χ1) is 11.7. The zero-order valence-electron chi connectivity index (χ0n) is 16.9. The maximum Gasteiger partial charge on any atom is 0.245 e. The van der Waals surface area contributed by atoms with Gasteiger partial charge in [-0.2, -0.15) is 0 Å². The van der Waals surface area contributed by atoms with E-state index in [1.165, 1.54) is 44.8 Å². The Kier molecular flexibility index (Phi) is 4.49. The Morgan fingerprint density at radius 2 is 1.16 bits per heavy atom. The first-order valence-corrected chi connectivity index (χ1v) is 9.28. The molecule has 132 valence electrons. The third-order valence-electron chi connectivity index (χ3n) is 5.61. The van der Waals surface area contributed by atoms with Gasteiger partial charge in [-0.05, 0) is 77.6 Å². The Balaban J connectivity index is 2.14. The number of hydrogen-bond acceptors (Lipinski definition) is 1. The van der Waals surface area contributed by atoms with Gasteiger partial charge in [0.15, 0.2) is 0 Å². The minimum Gasteiger partial charge on any atom is -0.226 e. The van der Waals surface area contributed by atoms with Crippen molar-refractivity contribution in [2.24, 2.45) is 0 Å². The molecule has 0 radical (unpaired) electrons. The van der Waals surface area contributed by atoms with Gasteiger partial charge in [0.05, 0.1) is 0 Å². The standard InChI is InChI=1S/C23H31N2/c1-14-9-16(3)22(17(4)10-14)24-13-25(21(8)20(24)7)23-18(5)11-15(2)12-19(23)6/h9-13,20-21H,1-8H3/q+1/t20-,21+. The number of hydrogen-bond donors (Lipinski definition) is 0. The lowest BCUT2D eigenvalue weighted by Crippen LogP contribution is -2.34. The molecule has 0 unspecified atom stereocenters. The summed E-state index contributed by atoms with van der Waals surface area (Å²) in [5.74, 6) is 0. The second kappa shape index (κ2) is 6.33. The predicted octanol–water partition coefficient (Wildman–Crippen LogP) is 5.51. The maximum atomic E-state index is 2.47. The van der Waals surface area contributed by atoms with Crippen LogP contribution < -0.4 is 4.90 Å². The molecule has 0 saturated heterocycles. The van der Waals surface area contributed by atoms with Crippen molar-refractivity contribution in [1.29, 1.82) is 0 Å². The molecule has 1 aliphatic rings. The van der Waals surface area contributed by atoms with Crippen LogP contribution in [0.5, 0.6) is 0 Å². The van der Waals surface area contributed by atoms with Gasteiger partial charge in [-0.15, -0.1) is 0 Å². The molecule has 0 spiro atoms. The second-order valence-electron chi connectivity index (χ2n) is 7.91. The maximum absolute atomic E-state index is 2.47. The summed E-state index contributed by atoms with van der Waals surface area (Å²) in [6, 6.07) is 10.0. The highest BCUT2D eigenvalue weighted by Gasteiger charge is 2.39. The first-order valence-electron chi connectivity index (χ1n) is 9.28. The van der Waals surface area contributed by atoms with Gasteiger partial charge in [0.1, 0.15) is 23.5 Å². The van der Waals surface area contributed by atoms with E-state index in [1.54, 1.807) is 0 Å². The molecule has 2 aromatic carbocycles. The van der Waals surface area contributed by atoms with E-state index in [-0.39, 0.29) is 0 Å². The summed E-state index contributed by atoms with van der Waals surface area (Å²) in [6.07, 6.45) is 2.32. The van der Waals surface area contributed by atoms with Crippen LogP contribution in [0.25, 0.3) is 0 Å². The van der Waals surface area contributed by atoms with E-state index in [0.29, 0.717) is 12.1 Å². The van der Waals surface area contributed by atoms with Crippen LogP contribution in [0.1, 0.15) is 47.2 Å². The normalized spacial score (nSPS) is 20.2. The predicted molar refractivity (Wildman–Crippen MR) is 109 cm³/mol. The molecule has 1 heterocycles. The number of rotatable bonds is 2. The van der Waals surface area contributed by atoms with Gasteiger partial charge in [0, 0.05) is 0 Å². The van der Waals surface area contributed by atoms with E-state index in [4.69, 9.17) is 0 Å². The Hall–Kier alpha value is -2.09. The summed E-state index contributed by atoms with van der Waals surface area (Å²) >= 11 is 0. The van der Waals surface area contributed by atoms with Crippen LogP contribution in [-0.2, 0) is 0 Å². The number of nitrogens with zero attached hydrogens (tertiary/aromatic N) is 2. The van der Waals surface area contributed by atoms with Crippen molar-refractivity contribution >= 4 is 17.7 Å². The molecule has 0 saturated carbocycles. The summed E-state index contributed by atoms with van der Waals surface area (Å²) in [4.78, 5) is 2.47. The van der Waals surface area contributed by atoms with E-state index < -0.39 is 0 Å². The van der Waals surface area contributed by atoms with Crippen molar-refractivity contribution in [3.05, 3.63) is 57.6 Å². The van der Waals surface area contributed by atoms with Crippen LogP contribution in [0.15, 0.2) is 24.3 Å². The van der Waals surface area contributed by atoms with E-state index in [0.717, 1.165) is 0 Å². The largest absolute Gasteiger partial charge is 0.245 e. The topological polar surface area (TPSA) is 6.25 Å². The third kappa shape index (κ3) is 2.99. The summed E-state index contributed by atoms with van der Waals surface area (Å²) in [7, 11) is 0. The van der Waals surface area contributed by atoms with Gasteiger partial charge >= 0.3 is 0 Å². The van der Waals surface area contributed by atoms with Crippen LogP contribution in [0.3, 0.4) is 0 Å². The van der Waals surface area contributed by atoms with E-state index in [9.17, 15) is 0 Å². The third-order valence-corrected chi connectivity index (χ3v) is 5.61. The van der Waals surface area contributed by atoms with Crippen LogP contribution in [0.2, 0.25) is 0 Å². The van der Waals surface area contributed by atoms with Crippen molar-refractivity contribution < 1.29 is 4.58 Å². The minimum atomic E-state index is 0.431. The molecule has 25 heavy (non-hydrogen) atoms. The van der Waals surface area contributed by atoms with Crippen LogP contribution >= 0.6 is 0 Å². The molecule has 0 bridgehead atoms. The molecule has 2 nitrogen and oxygen atoms in total. The smallest absolute Gasteiger partial charge is 0.226 e. The average molecular weight is 336 g/mol. The van der Waals surface area contributed by atoms with E-state index >= 15 is 0 Å². The molecule has 0 fully saturated rings. The first kappa shape index (κ1) is 17.7. The monoisotopic (exact) mass is 335 g/mol. The van der Waals surface area contributed by atoms with Crippen LogP contribution in [0, 0.1) is 41.5 Å². The molecular weight excluding hydrogens is 304 g/mol. The van der Waals surface area contributed by atoms with Crippen molar-refractivity contribution in [3.8, 4) is 0 Å². The molecule has 0 amide bonds.